The number of carbonyl (C=O) groups is 3. The molecule has 1 aliphatic heterocycles. The van der Waals surface area contributed by atoms with Crippen molar-refractivity contribution in [3.63, 3.8) is 0 Å². The summed E-state index contributed by atoms with van der Waals surface area (Å²) in [6.45, 7) is 6.32. The Hall–Kier alpha value is -3.67. The molecule has 0 bridgehead atoms. The number of benzene rings is 1. The van der Waals surface area contributed by atoms with Gasteiger partial charge in [0.25, 0.3) is 0 Å². The zero-order valence-corrected chi connectivity index (χ0v) is 21.9. The maximum Gasteiger partial charge on any atom is 0.412 e. The summed E-state index contributed by atoms with van der Waals surface area (Å²) in [5, 5.41) is 12.3. The Labute approximate surface area is 219 Å². The number of carboxylic acids is 1. The molecule has 38 heavy (non-hydrogen) atoms. The van der Waals surface area contributed by atoms with Gasteiger partial charge in [0.15, 0.2) is 0 Å². The largest absolute Gasteiger partial charge is 0.477 e. The van der Waals surface area contributed by atoms with Gasteiger partial charge in [0, 0.05) is 50.7 Å². The summed E-state index contributed by atoms with van der Waals surface area (Å²) in [6, 6.07) is 2.23. The number of esters is 1. The highest BCUT2D eigenvalue weighted by Crippen LogP contribution is 2.38. The van der Waals surface area contributed by atoms with Gasteiger partial charge in [0.1, 0.15) is 17.4 Å². The van der Waals surface area contributed by atoms with Gasteiger partial charge >= 0.3 is 18.0 Å². The van der Waals surface area contributed by atoms with Crippen LogP contribution in [0.4, 0.5) is 14.9 Å². The summed E-state index contributed by atoms with van der Waals surface area (Å²) in [5.74, 6) is -2.50. The van der Waals surface area contributed by atoms with E-state index in [1.165, 1.54) is 18.0 Å². The molecule has 2 aromatic rings. The fourth-order valence-corrected chi connectivity index (χ4v) is 4.74. The topological polar surface area (TPSA) is 130 Å². The Morgan fingerprint density at radius 3 is 2.29 bits per heavy atom. The first-order chi connectivity index (χ1) is 18.0. The third kappa shape index (κ3) is 5.59. The van der Waals surface area contributed by atoms with Gasteiger partial charge in [-0.05, 0) is 37.9 Å². The first-order valence-electron chi connectivity index (χ1n) is 12.7. The standard InChI is InChI=1S/C26H33FN4O7/c1-14(2)22(28-4)25(35)37-15(3)38-26(36)30-9-7-29(8-10-30)21-12-20-17(11-19(21)27)23(32)18(24(33)34)13-31(20)16-5-6-16/h11-16,22,28H,5-10H2,1-4H3,(H,33,34)/t15?,22-/m0/s1. The minimum atomic E-state index is -1.34. The lowest BCUT2D eigenvalue weighted by Gasteiger charge is -2.36. The van der Waals surface area contributed by atoms with Crippen molar-refractivity contribution in [2.24, 2.45) is 5.92 Å². The van der Waals surface area contributed by atoms with E-state index in [-0.39, 0.29) is 41.7 Å². The quantitative estimate of drug-likeness (QED) is 0.389. The van der Waals surface area contributed by atoms with Crippen molar-refractivity contribution < 1.29 is 33.4 Å². The van der Waals surface area contributed by atoms with Crippen LogP contribution in [0.25, 0.3) is 10.9 Å². The van der Waals surface area contributed by atoms with Gasteiger partial charge in [-0.3, -0.25) is 9.59 Å². The Kier molecular flexibility index (Phi) is 7.91. The number of piperazine rings is 1. The highest BCUT2D eigenvalue weighted by molar-refractivity contribution is 5.93. The van der Waals surface area contributed by atoms with Gasteiger partial charge < -0.3 is 34.3 Å². The highest BCUT2D eigenvalue weighted by Gasteiger charge is 2.30. The number of pyridine rings is 1. The van der Waals surface area contributed by atoms with E-state index >= 15 is 4.39 Å². The predicted molar refractivity (Wildman–Crippen MR) is 137 cm³/mol. The smallest absolute Gasteiger partial charge is 0.412 e. The van der Waals surface area contributed by atoms with E-state index in [0.29, 0.717) is 18.6 Å². The molecule has 1 saturated heterocycles. The molecule has 4 rings (SSSR count). The minimum absolute atomic E-state index is 0.00261. The summed E-state index contributed by atoms with van der Waals surface area (Å²) in [5.41, 5.74) is -0.338. The van der Waals surface area contributed by atoms with Crippen molar-refractivity contribution in [2.45, 2.75) is 52.0 Å². The molecule has 1 aliphatic carbocycles. The van der Waals surface area contributed by atoms with Gasteiger partial charge in [-0.25, -0.2) is 14.0 Å². The van der Waals surface area contributed by atoms with E-state index in [1.807, 2.05) is 13.8 Å². The van der Waals surface area contributed by atoms with Crippen molar-refractivity contribution in [1.29, 1.82) is 0 Å². The number of anilines is 1. The lowest BCUT2D eigenvalue weighted by atomic mass is 10.1. The molecule has 2 fully saturated rings. The first kappa shape index (κ1) is 27.4. The Bertz CT molecular complexity index is 1300. The predicted octanol–water partition coefficient (Wildman–Crippen LogP) is 2.57. The number of aromatic nitrogens is 1. The Balaban J connectivity index is 1.44. The summed E-state index contributed by atoms with van der Waals surface area (Å²) < 4.78 is 27.5. The van der Waals surface area contributed by atoms with Crippen molar-refractivity contribution in [3.8, 4) is 0 Å². The van der Waals surface area contributed by atoms with Crippen molar-refractivity contribution >= 4 is 34.6 Å². The lowest BCUT2D eigenvalue weighted by Crippen LogP contribution is -2.50. The highest BCUT2D eigenvalue weighted by atomic mass is 19.1. The zero-order valence-electron chi connectivity index (χ0n) is 21.9. The minimum Gasteiger partial charge on any atom is -0.477 e. The van der Waals surface area contributed by atoms with E-state index in [9.17, 15) is 24.3 Å². The third-order valence-corrected chi connectivity index (χ3v) is 6.93. The maximum absolute atomic E-state index is 15.2. The number of hydrogen-bond donors (Lipinski definition) is 2. The molecule has 0 spiro atoms. The van der Waals surface area contributed by atoms with Crippen LogP contribution in [0.15, 0.2) is 23.1 Å². The molecule has 1 unspecified atom stereocenters. The number of amides is 1. The van der Waals surface area contributed by atoms with Crippen LogP contribution in [0, 0.1) is 11.7 Å². The zero-order chi connectivity index (χ0) is 27.7. The molecular weight excluding hydrogens is 499 g/mol. The average molecular weight is 533 g/mol. The van der Waals surface area contributed by atoms with E-state index in [0.717, 1.165) is 18.9 Å². The van der Waals surface area contributed by atoms with Crippen LogP contribution in [0.1, 0.15) is 50.0 Å². The Morgan fingerprint density at radius 2 is 1.74 bits per heavy atom. The van der Waals surface area contributed by atoms with Crippen LogP contribution in [0.2, 0.25) is 0 Å². The maximum atomic E-state index is 15.2. The summed E-state index contributed by atoms with van der Waals surface area (Å²) in [7, 11) is 1.65. The summed E-state index contributed by atoms with van der Waals surface area (Å²) in [4.78, 5) is 52.4. The van der Waals surface area contributed by atoms with E-state index in [1.54, 1.807) is 22.6 Å². The molecule has 2 aliphatic rings. The normalized spacial score (nSPS) is 17.4. The van der Waals surface area contributed by atoms with Crippen molar-refractivity contribution in [3.05, 3.63) is 39.9 Å². The monoisotopic (exact) mass is 532 g/mol. The second-order valence-corrected chi connectivity index (χ2v) is 10.0. The number of nitrogens with one attached hydrogen (secondary N) is 1. The van der Waals surface area contributed by atoms with E-state index in [2.05, 4.69) is 5.32 Å². The van der Waals surface area contributed by atoms with Crippen LogP contribution in [-0.4, -0.2) is 78.2 Å². The SMILES string of the molecule is CN[C@H](C(=O)OC(C)OC(=O)N1CCN(c2cc3c(cc2F)c(=O)c(C(=O)O)cn3C2CC2)CC1)C(C)C. The number of fused-ring (bicyclic) bond motifs is 1. The van der Waals surface area contributed by atoms with E-state index in [4.69, 9.17) is 9.47 Å². The number of halogens is 1. The average Bonchev–Trinajstić information content (AvgIpc) is 3.69. The molecule has 2 heterocycles. The molecule has 12 heteroatoms. The molecular formula is C26H33FN4O7. The van der Waals surface area contributed by atoms with Crippen LogP contribution in [0.5, 0.6) is 0 Å². The molecule has 1 amide bonds. The van der Waals surface area contributed by atoms with Crippen molar-refractivity contribution in [2.75, 3.05) is 38.1 Å². The summed E-state index contributed by atoms with van der Waals surface area (Å²) in [6.07, 6.45) is 1.33. The Morgan fingerprint density at radius 1 is 1.08 bits per heavy atom. The fraction of sp³-hybridized carbons (Fsp3) is 0.538. The first-order valence-corrected chi connectivity index (χ1v) is 12.7. The number of ether oxygens (including phenoxy) is 2. The number of aromatic carboxylic acids is 1. The van der Waals surface area contributed by atoms with Crippen molar-refractivity contribution in [1.82, 2.24) is 14.8 Å². The summed E-state index contributed by atoms with van der Waals surface area (Å²) >= 11 is 0. The second kappa shape index (κ2) is 11.0. The van der Waals surface area contributed by atoms with Gasteiger partial charge in [-0.15, -0.1) is 0 Å². The van der Waals surface area contributed by atoms with Crippen LogP contribution in [-0.2, 0) is 14.3 Å². The number of likely N-dealkylation sites (N-methyl/N-ethyl adjacent to an activating group) is 1. The van der Waals surface area contributed by atoms with Gasteiger partial charge in [0.05, 0.1) is 11.2 Å². The number of rotatable bonds is 8. The number of carboxylic acid groups (broad SMARTS) is 1. The molecule has 2 atom stereocenters. The molecule has 206 valence electrons. The molecule has 11 nitrogen and oxygen atoms in total. The number of carbonyl (C=O) groups excluding carboxylic acids is 2. The fourth-order valence-electron chi connectivity index (χ4n) is 4.74. The van der Waals surface area contributed by atoms with Crippen LogP contribution >= 0.6 is 0 Å². The second-order valence-electron chi connectivity index (χ2n) is 10.0. The lowest BCUT2D eigenvalue weighted by molar-refractivity contribution is -0.169. The van der Waals surface area contributed by atoms with E-state index < -0.39 is 41.6 Å². The van der Waals surface area contributed by atoms with Crippen LogP contribution in [0.3, 0.4) is 0 Å². The molecule has 1 saturated carbocycles. The third-order valence-electron chi connectivity index (χ3n) is 6.93. The number of nitrogens with zero attached hydrogens (tertiary/aromatic N) is 3. The van der Waals surface area contributed by atoms with Crippen LogP contribution < -0.4 is 15.6 Å². The molecule has 1 aromatic heterocycles. The molecule has 0 radical (unpaired) electrons. The molecule has 2 N–H and O–H groups in total. The van der Waals surface area contributed by atoms with Gasteiger partial charge in [-0.1, -0.05) is 13.8 Å². The van der Waals surface area contributed by atoms with Gasteiger partial charge in [0.2, 0.25) is 11.7 Å². The van der Waals surface area contributed by atoms with Gasteiger partial charge in [-0.2, -0.15) is 0 Å². The number of hydrogen-bond acceptors (Lipinski definition) is 8. The molecule has 1 aromatic carbocycles.